The van der Waals surface area contributed by atoms with Crippen LogP contribution in [0.4, 0.5) is 5.95 Å². The molecule has 0 radical (unpaired) electrons. The first-order chi connectivity index (χ1) is 16.6. The highest BCUT2D eigenvalue weighted by Crippen LogP contribution is 2.29. The maximum absolute atomic E-state index is 12.9. The van der Waals surface area contributed by atoms with E-state index >= 15 is 0 Å². The molecule has 2 aromatic carbocycles. The minimum atomic E-state index is -0.00433. The third-order valence-corrected chi connectivity index (χ3v) is 6.46. The number of aromatic nitrogens is 3. The number of carbonyl (C=O) groups excluding carboxylic acids is 1. The molecule has 0 N–H and O–H groups in total. The van der Waals surface area contributed by atoms with E-state index < -0.39 is 0 Å². The highest BCUT2D eigenvalue weighted by molar-refractivity contribution is 7.99. The van der Waals surface area contributed by atoms with Gasteiger partial charge in [-0.05, 0) is 29.8 Å². The average Bonchev–Trinajstić information content (AvgIpc) is 3.32. The molecule has 1 fully saturated rings. The fourth-order valence-corrected chi connectivity index (χ4v) is 4.59. The Balaban J connectivity index is 1.46. The van der Waals surface area contributed by atoms with Gasteiger partial charge < -0.3 is 24.0 Å². The van der Waals surface area contributed by atoms with E-state index in [1.807, 2.05) is 53.1 Å². The number of thioether (sulfide) groups is 1. The van der Waals surface area contributed by atoms with Gasteiger partial charge in [0.05, 0.1) is 38.9 Å². The minimum absolute atomic E-state index is 0.00433. The number of morpholine rings is 1. The Kier molecular flexibility index (Phi) is 7.91. The Labute approximate surface area is 203 Å². The molecule has 0 saturated carbocycles. The van der Waals surface area contributed by atoms with Crippen LogP contribution in [0, 0.1) is 0 Å². The topological polar surface area (TPSA) is 82.0 Å². The van der Waals surface area contributed by atoms with Crippen LogP contribution >= 0.6 is 11.8 Å². The molecule has 0 bridgehead atoms. The zero-order valence-corrected chi connectivity index (χ0v) is 20.5. The standard InChI is InChI=1S/C24H29N5O4S/c1-27(16-18-9-10-20(31-2)21(15-18)32-3)22(30)17-34-24-26-25-23(28-11-13-33-14-12-28)29(24)19-7-5-4-6-8-19/h4-10,15H,11-14,16-17H2,1-3H3. The molecule has 1 aliphatic rings. The maximum Gasteiger partial charge on any atom is 0.233 e. The second-order valence-corrected chi connectivity index (χ2v) is 8.72. The molecular formula is C24H29N5O4S. The van der Waals surface area contributed by atoms with Gasteiger partial charge in [0, 0.05) is 26.7 Å². The normalized spacial score (nSPS) is 13.6. The van der Waals surface area contributed by atoms with Crippen molar-refractivity contribution in [3.05, 3.63) is 54.1 Å². The Morgan fingerprint density at radius 3 is 2.50 bits per heavy atom. The zero-order valence-electron chi connectivity index (χ0n) is 19.6. The van der Waals surface area contributed by atoms with Gasteiger partial charge in [-0.1, -0.05) is 36.0 Å². The number of carbonyl (C=O) groups is 1. The second-order valence-electron chi connectivity index (χ2n) is 7.78. The fraction of sp³-hybridized carbons (Fsp3) is 0.375. The monoisotopic (exact) mass is 483 g/mol. The summed E-state index contributed by atoms with van der Waals surface area (Å²) in [4.78, 5) is 16.8. The summed E-state index contributed by atoms with van der Waals surface area (Å²) in [6.07, 6.45) is 0. The number of ether oxygens (including phenoxy) is 3. The van der Waals surface area contributed by atoms with Crippen LogP contribution in [-0.2, 0) is 16.1 Å². The van der Waals surface area contributed by atoms with Crippen molar-refractivity contribution in [2.24, 2.45) is 0 Å². The van der Waals surface area contributed by atoms with Crippen LogP contribution in [-0.4, -0.2) is 78.9 Å². The third kappa shape index (κ3) is 5.45. The van der Waals surface area contributed by atoms with E-state index in [4.69, 9.17) is 14.2 Å². The quantitative estimate of drug-likeness (QED) is 0.430. The van der Waals surface area contributed by atoms with Crippen molar-refractivity contribution in [2.75, 3.05) is 58.2 Å². The number of anilines is 1. The molecule has 0 aliphatic carbocycles. The van der Waals surface area contributed by atoms with Crippen LogP contribution in [0.25, 0.3) is 5.69 Å². The minimum Gasteiger partial charge on any atom is -0.493 e. The largest absolute Gasteiger partial charge is 0.493 e. The number of benzene rings is 2. The summed E-state index contributed by atoms with van der Waals surface area (Å²) in [5, 5.41) is 9.55. The van der Waals surface area contributed by atoms with E-state index in [1.54, 1.807) is 26.2 Å². The maximum atomic E-state index is 12.9. The van der Waals surface area contributed by atoms with Crippen LogP contribution in [0.1, 0.15) is 5.56 Å². The Hall–Kier alpha value is -3.24. The molecule has 34 heavy (non-hydrogen) atoms. The van der Waals surface area contributed by atoms with Crippen LogP contribution in [0.3, 0.4) is 0 Å². The zero-order chi connectivity index (χ0) is 23.9. The van der Waals surface area contributed by atoms with Gasteiger partial charge in [0.15, 0.2) is 16.7 Å². The molecule has 180 valence electrons. The number of amides is 1. The van der Waals surface area contributed by atoms with Gasteiger partial charge in [-0.2, -0.15) is 0 Å². The van der Waals surface area contributed by atoms with Crippen LogP contribution in [0.15, 0.2) is 53.7 Å². The van der Waals surface area contributed by atoms with E-state index in [9.17, 15) is 4.79 Å². The molecule has 10 heteroatoms. The smallest absolute Gasteiger partial charge is 0.233 e. The van der Waals surface area contributed by atoms with Gasteiger partial charge in [0.1, 0.15) is 0 Å². The van der Waals surface area contributed by atoms with E-state index in [0.29, 0.717) is 36.4 Å². The molecule has 0 spiro atoms. The van der Waals surface area contributed by atoms with Gasteiger partial charge >= 0.3 is 0 Å². The SMILES string of the molecule is COc1ccc(CN(C)C(=O)CSc2nnc(N3CCOCC3)n2-c2ccccc2)cc1OC. The molecule has 3 aromatic rings. The van der Waals surface area contributed by atoms with Crippen LogP contribution in [0.5, 0.6) is 11.5 Å². The lowest BCUT2D eigenvalue weighted by molar-refractivity contribution is -0.127. The van der Waals surface area contributed by atoms with E-state index in [0.717, 1.165) is 30.3 Å². The summed E-state index contributed by atoms with van der Waals surface area (Å²) in [5.74, 6) is 2.31. The fourth-order valence-electron chi connectivity index (χ4n) is 3.70. The Morgan fingerprint density at radius 2 is 1.79 bits per heavy atom. The highest BCUT2D eigenvalue weighted by Gasteiger charge is 2.23. The molecule has 0 atom stereocenters. The second kappa shape index (κ2) is 11.3. The first-order valence-electron chi connectivity index (χ1n) is 11.0. The lowest BCUT2D eigenvalue weighted by atomic mass is 10.2. The first kappa shape index (κ1) is 23.9. The molecule has 1 saturated heterocycles. The summed E-state index contributed by atoms with van der Waals surface area (Å²) in [6.45, 7) is 3.28. The molecule has 0 unspecified atom stereocenters. The van der Waals surface area contributed by atoms with Crippen LogP contribution < -0.4 is 14.4 Å². The number of hydrogen-bond acceptors (Lipinski definition) is 8. The molecule has 1 aliphatic heterocycles. The number of hydrogen-bond donors (Lipinski definition) is 0. The number of methoxy groups -OCH3 is 2. The summed E-state index contributed by atoms with van der Waals surface area (Å²) in [5.41, 5.74) is 1.92. The van der Waals surface area contributed by atoms with Crippen molar-refractivity contribution in [1.82, 2.24) is 19.7 Å². The number of rotatable bonds is 9. The predicted octanol–water partition coefficient (Wildman–Crippen LogP) is 2.87. The van der Waals surface area contributed by atoms with Crippen LogP contribution in [0.2, 0.25) is 0 Å². The van der Waals surface area contributed by atoms with Gasteiger partial charge in [-0.3, -0.25) is 9.36 Å². The Bertz CT molecular complexity index is 1100. The summed E-state index contributed by atoms with van der Waals surface area (Å²) in [7, 11) is 4.99. The first-order valence-corrected chi connectivity index (χ1v) is 12.0. The average molecular weight is 484 g/mol. The number of para-hydroxylation sites is 1. The number of nitrogens with zero attached hydrogens (tertiary/aromatic N) is 5. The van der Waals surface area contributed by atoms with Gasteiger partial charge in [-0.25, -0.2) is 0 Å². The third-order valence-electron chi connectivity index (χ3n) is 5.54. The Morgan fingerprint density at radius 1 is 1.06 bits per heavy atom. The summed E-state index contributed by atoms with van der Waals surface area (Å²) in [6, 6.07) is 15.6. The van der Waals surface area contributed by atoms with Gasteiger partial charge in [0.25, 0.3) is 0 Å². The van der Waals surface area contributed by atoms with E-state index in [-0.39, 0.29) is 11.7 Å². The van der Waals surface area contributed by atoms with Crippen molar-refractivity contribution in [2.45, 2.75) is 11.7 Å². The van der Waals surface area contributed by atoms with Gasteiger partial charge in [-0.15, -0.1) is 10.2 Å². The summed E-state index contributed by atoms with van der Waals surface area (Å²) < 4.78 is 18.2. The van der Waals surface area contributed by atoms with E-state index in [2.05, 4.69) is 15.1 Å². The molecule has 9 nitrogen and oxygen atoms in total. The van der Waals surface area contributed by atoms with Gasteiger partial charge in [0.2, 0.25) is 11.9 Å². The van der Waals surface area contributed by atoms with E-state index in [1.165, 1.54) is 11.8 Å². The molecule has 1 amide bonds. The van der Waals surface area contributed by atoms with Crippen molar-refractivity contribution in [3.63, 3.8) is 0 Å². The molecular weight excluding hydrogens is 454 g/mol. The molecule has 1 aromatic heterocycles. The molecule has 4 rings (SSSR count). The van der Waals surface area contributed by atoms with Crippen molar-refractivity contribution < 1.29 is 19.0 Å². The van der Waals surface area contributed by atoms with Crippen molar-refractivity contribution in [3.8, 4) is 17.2 Å². The summed E-state index contributed by atoms with van der Waals surface area (Å²) >= 11 is 1.38. The highest BCUT2D eigenvalue weighted by atomic mass is 32.2. The molecule has 2 heterocycles. The van der Waals surface area contributed by atoms with Crippen molar-refractivity contribution in [1.29, 1.82) is 0 Å². The lowest BCUT2D eigenvalue weighted by Crippen LogP contribution is -2.37. The lowest BCUT2D eigenvalue weighted by Gasteiger charge is -2.28. The predicted molar refractivity (Wildman–Crippen MR) is 131 cm³/mol. The van der Waals surface area contributed by atoms with Crippen molar-refractivity contribution >= 4 is 23.6 Å².